The van der Waals surface area contributed by atoms with Gasteiger partial charge in [-0.3, -0.25) is 4.79 Å². The van der Waals surface area contributed by atoms with Gasteiger partial charge in [-0.2, -0.15) is 11.8 Å². The summed E-state index contributed by atoms with van der Waals surface area (Å²) in [6.45, 7) is 3.13. The molecule has 2 atom stereocenters. The molecule has 0 aromatic carbocycles. The SMILES string of the molecule is CCSC1CNC(C(=O)N(C)C)C1. The monoisotopic (exact) mass is 202 g/mol. The Kier molecular flexibility index (Phi) is 4.06. The molecule has 1 saturated heterocycles. The van der Waals surface area contributed by atoms with Gasteiger partial charge < -0.3 is 10.2 Å². The van der Waals surface area contributed by atoms with Crippen LogP contribution in [0.25, 0.3) is 0 Å². The minimum Gasteiger partial charge on any atom is -0.347 e. The molecule has 1 heterocycles. The van der Waals surface area contributed by atoms with E-state index in [4.69, 9.17) is 0 Å². The standard InChI is InChI=1S/C9H18N2OS/c1-4-13-7-5-8(10-6-7)9(12)11(2)3/h7-8,10H,4-6H2,1-3H3. The van der Waals surface area contributed by atoms with E-state index in [2.05, 4.69) is 12.2 Å². The van der Waals surface area contributed by atoms with E-state index in [-0.39, 0.29) is 11.9 Å². The van der Waals surface area contributed by atoms with E-state index in [0.29, 0.717) is 5.25 Å². The highest BCUT2D eigenvalue weighted by atomic mass is 32.2. The molecule has 0 aromatic heterocycles. The molecule has 1 N–H and O–H groups in total. The summed E-state index contributed by atoms with van der Waals surface area (Å²) in [4.78, 5) is 13.2. The molecule has 0 saturated carbocycles. The van der Waals surface area contributed by atoms with Gasteiger partial charge in [-0.25, -0.2) is 0 Å². The Morgan fingerprint density at radius 1 is 1.62 bits per heavy atom. The van der Waals surface area contributed by atoms with Crippen molar-refractivity contribution < 1.29 is 4.79 Å². The van der Waals surface area contributed by atoms with Crippen molar-refractivity contribution in [3.8, 4) is 0 Å². The first-order chi connectivity index (χ1) is 6.15. The lowest BCUT2D eigenvalue weighted by molar-refractivity contribution is -0.130. The Morgan fingerprint density at radius 3 is 2.85 bits per heavy atom. The smallest absolute Gasteiger partial charge is 0.239 e. The zero-order valence-electron chi connectivity index (χ0n) is 8.54. The van der Waals surface area contributed by atoms with Gasteiger partial charge in [0.1, 0.15) is 0 Å². The molecule has 1 amide bonds. The quantitative estimate of drug-likeness (QED) is 0.726. The predicted octanol–water partition coefficient (Wildman–Crippen LogP) is 0.558. The number of amides is 1. The number of nitrogens with one attached hydrogen (secondary N) is 1. The number of hydrogen-bond acceptors (Lipinski definition) is 3. The van der Waals surface area contributed by atoms with Crippen molar-refractivity contribution in [1.29, 1.82) is 0 Å². The van der Waals surface area contributed by atoms with Crippen LogP contribution in [0.1, 0.15) is 13.3 Å². The van der Waals surface area contributed by atoms with Crippen LogP contribution < -0.4 is 5.32 Å². The average Bonchev–Trinajstić information content (AvgIpc) is 2.52. The van der Waals surface area contributed by atoms with E-state index in [0.717, 1.165) is 18.7 Å². The fourth-order valence-electron chi connectivity index (χ4n) is 1.57. The maximum absolute atomic E-state index is 11.5. The number of carbonyl (C=O) groups excluding carboxylic acids is 1. The number of carbonyl (C=O) groups is 1. The summed E-state index contributed by atoms with van der Waals surface area (Å²) in [5.74, 6) is 1.34. The van der Waals surface area contributed by atoms with Gasteiger partial charge in [0.2, 0.25) is 5.91 Å². The molecule has 1 aliphatic heterocycles. The first-order valence-corrected chi connectivity index (χ1v) is 5.76. The van der Waals surface area contributed by atoms with Crippen LogP contribution in [-0.2, 0) is 4.79 Å². The topological polar surface area (TPSA) is 32.3 Å². The van der Waals surface area contributed by atoms with Crippen LogP contribution in [0.5, 0.6) is 0 Å². The van der Waals surface area contributed by atoms with Crippen molar-refractivity contribution in [3.05, 3.63) is 0 Å². The molecule has 0 radical (unpaired) electrons. The summed E-state index contributed by atoms with van der Waals surface area (Å²) in [5.41, 5.74) is 0. The maximum atomic E-state index is 11.5. The van der Waals surface area contributed by atoms with Crippen molar-refractivity contribution in [2.75, 3.05) is 26.4 Å². The highest BCUT2D eigenvalue weighted by Gasteiger charge is 2.29. The predicted molar refractivity (Wildman–Crippen MR) is 57.0 cm³/mol. The van der Waals surface area contributed by atoms with E-state index >= 15 is 0 Å². The Labute approximate surface area is 84.2 Å². The molecule has 1 rings (SSSR count). The molecule has 1 aliphatic rings. The van der Waals surface area contributed by atoms with Gasteiger partial charge in [-0.05, 0) is 12.2 Å². The lowest BCUT2D eigenvalue weighted by atomic mass is 10.2. The zero-order valence-corrected chi connectivity index (χ0v) is 9.36. The second-order valence-electron chi connectivity index (χ2n) is 3.51. The number of nitrogens with zero attached hydrogens (tertiary/aromatic N) is 1. The number of hydrogen-bond donors (Lipinski definition) is 1. The molecule has 76 valence electrons. The number of rotatable bonds is 3. The highest BCUT2D eigenvalue weighted by Crippen LogP contribution is 2.21. The number of likely N-dealkylation sites (N-methyl/N-ethyl adjacent to an activating group) is 1. The largest absolute Gasteiger partial charge is 0.347 e. The van der Waals surface area contributed by atoms with Crippen molar-refractivity contribution in [2.24, 2.45) is 0 Å². The van der Waals surface area contributed by atoms with Crippen molar-refractivity contribution in [2.45, 2.75) is 24.6 Å². The summed E-state index contributed by atoms with van der Waals surface area (Å²) in [6, 6.07) is 0.0547. The highest BCUT2D eigenvalue weighted by molar-refractivity contribution is 7.99. The van der Waals surface area contributed by atoms with Crippen molar-refractivity contribution in [1.82, 2.24) is 10.2 Å². The molecule has 0 aliphatic carbocycles. The third-order valence-corrected chi connectivity index (χ3v) is 3.40. The second kappa shape index (κ2) is 4.86. The van der Waals surface area contributed by atoms with Crippen molar-refractivity contribution in [3.63, 3.8) is 0 Å². The van der Waals surface area contributed by atoms with Gasteiger partial charge in [0.15, 0.2) is 0 Å². The summed E-state index contributed by atoms with van der Waals surface area (Å²) in [7, 11) is 3.62. The summed E-state index contributed by atoms with van der Waals surface area (Å²) >= 11 is 1.94. The van der Waals surface area contributed by atoms with Gasteiger partial charge in [-0.1, -0.05) is 6.92 Å². The van der Waals surface area contributed by atoms with E-state index in [9.17, 15) is 4.79 Å². The van der Waals surface area contributed by atoms with Gasteiger partial charge in [0, 0.05) is 25.9 Å². The minimum absolute atomic E-state index is 0.0547. The number of thioether (sulfide) groups is 1. The minimum atomic E-state index is 0.0547. The van der Waals surface area contributed by atoms with E-state index in [1.807, 2.05) is 25.9 Å². The molecular formula is C9H18N2OS. The lowest BCUT2D eigenvalue weighted by Gasteiger charge is -2.15. The zero-order chi connectivity index (χ0) is 9.84. The van der Waals surface area contributed by atoms with Crippen LogP contribution in [0.4, 0.5) is 0 Å². The summed E-state index contributed by atoms with van der Waals surface area (Å²) in [6.07, 6.45) is 0.982. The van der Waals surface area contributed by atoms with Crippen molar-refractivity contribution >= 4 is 17.7 Å². The van der Waals surface area contributed by atoms with Crippen LogP contribution >= 0.6 is 11.8 Å². The van der Waals surface area contributed by atoms with Gasteiger partial charge in [0.05, 0.1) is 6.04 Å². The van der Waals surface area contributed by atoms with Gasteiger partial charge in [-0.15, -0.1) is 0 Å². The molecule has 13 heavy (non-hydrogen) atoms. The fraction of sp³-hybridized carbons (Fsp3) is 0.889. The Hall–Kier alpha value is -0.220. The molecule has 3 nitrogen and oxygen atoms in total. The first kappa shape index (κ1) is 10.9. The lowest BCUT2D eigenvalue weighted by Crippen LogP contribution is -2.39. The fourth-order valence-corrected chi connectivity index (χ4v) is 2.58. The van der Waals surface area contributed by atoms with Crippen LogP contribution in [0.2, 0.25) is 0 Å². The Bertz CT molecular complexity index is 184. The molecule has 1 fully saturated rings. The summed E-state index contributed by atoms with van der Waals surface area (Å²) < 4.78 is 0. The molecule has 2 unspecified atom stereocenters. The Balaban J connectivity index is 2.36. The molecule has 0 spiro atoms. The van der Waals surface area contributed by atoms with E-state index < -0.39 is 0 Å². The van der Waals surface area contributed by atoms with Crippen LogP contribution in [-0.4, -0.2) is 48.5 Å². The van der Waals surface area contributed by atoms with Gasteiger partial charge in [0.25, 0.3) is 0 Å². The third kappa shape index (κ3) is 2.88. The molecule has 0 aromatic rings. The van der Waals surface area contributed by atoms with Crippen LogP contribution in [0.15, 0.2) is 0 Å². The Morgan fingerprint density at radius 2 is 2.31 bits per heavy atom. The third-order valence-electron chi connectivity index (χ3n) is 2.23. The molecule has 4 heteroatoms. The normalized spacial score (nSPS) is 27.6. The van der Waals surface area contributed by atoms with Crippen LogP contribution in [0, 0.1) is 0 Å². The first-order valence-electron chi connectivity index (χ1n) is 4.71. The van der Waals surface area contributed by atoms with Gasteiger partial charge >= 0.3 is 0 Å². The van der Waals surface area contributed by atoms with Crippen LogP contribution in [0.3, 0.4) is 0 Å². The average molecular weight is 202 g/mol. The maximum Gasteiger partial charge on any atom is 0.239 e. The second-order valence-corrected chi connectivity index (χ2v) is 5.08. The van der Waals surface area contributed by atoms with E-state index in [1.165, 1.54) is 0 Å². The van der Waals surface area contributed by atoms with E-state index in [1.54, 1.807) is 4.90 Å². The molecular weight excluding hydrogens is 184 g/mol. The summed E-state index contributed by atoms with van der Waals surface area (Å²) in [5, 5.41) is 3.88. The molecule has 0 bridgehead atoms.